The Bertz CT molecular complexity index is 562. The van der Waals surface area contributed by atoms with E-state index in [0.717, 1.165) is 24.0 Å². The summed E-state index contributed by atoms with van der Waals surface area (Å²) in [5.41, 5.74) is 1.19. The van der Waals surface area contributed by atoms with Crippen molar-refractivity contribution >= 4 is 5.96 Å². The van der Waals surface area contributed by atoms with E-state index in [2.05, 4.69) is 27.3 Å². The van der Waals surface area contributed by atoms with Crippen LogP contribution in [0.3, 0.4) is 0 Å². The summed E-state index contributed by atoms with van der Waals surface area (Å²) in [5.74, 6) is 2.57. The fourth-order valence-electron chi connectivity index (χ4n) is 2.04. The summed E-state index contributed by atoms with van der Waals surface area (Å²) in [6.07, 6.45) is 1.67. The van der Waals surface area contributed by atoms with Crippen LogP contribution in [0.15, 0.2) is 52.1 Å². The van der Waals surface area contributed by atoms with Crippen LogP contribution in [-0.4, -0.2) is 32.1 Å². The van der Waals surface area contributed by atoms with Gasteiger partial charge >= 0.3 is 0 Å². The van der Waals surface area contributed by atoms with Crippen molar-refractivity contribution in [1.29, 1.82) is 0 Å². The van der Waals surface area contributed by atoms with Crippen LogP contribution in [-0.2, 0) is 13.1 Å². The Labute approximate surface area is 125 Å². The largest absolute Gasteiger partial charge is 0.497 e. The van der Waals surface area contributed by atoms with Crippen molar-refractivity contribution in [3.8, 4) is 5.75 Å². The monoisotopic (exact) mass is 287 g/mol. The summed E-state index contributed by atoms with van der Waals surface area (Å²) in [5, 5.41) is 3.27. The number of aliphatic imine (C=N–C) groups is 1. The Kier molecular flexibility index (Phi) is 5.26. The van der Waals surface area contributed by atoms with Gasteiger partial charge in [-0.1, -0.05) is 12.1 Å². The van der Waals surface area contributed by atoms with Crippen molar-refractivity contribution in [2.24, 2.45) is 4.99 Å². The summed E-state index contributed by atoms with van der Waals surface area (Å²) in [6, 6.07) is 11.8. The van der Waals surface area contributed by atoms with Gasteiger partial charge in [0.05, 0.1) is 19.9 Å². The fourth-order valence-corrected chi connectivity index (χ4v) is 2.04. The number of hydrogen-bond acceptors (Lipinski definition) is 3. The maximum atomic E-state index is 5.30. The molecular formula is C16H21N3O2. The average Bonchev–Trinajstić information content (AvgIpc) is 3.02. The van der Waals surface area contributed by atoms with Crippen LogP contribution in [0.1, 0.15) is 11.3 Å². The van der Waals surface area contributed by atoms with Crippen LogP contribution in [0.25, 0.3) is 0 Å². The van der Waals surface area contributed by atoms with E-state index >= 15 is 0 Å². The first-order valence-corrected chi connectivity index (χ1v) is 6.80. The zero-order chi connectivity index (χ0) is 15.1. The van der Waals surface area contributed by atoms with Crippen LogP contribution in [0.5, 0.6) is 5.75 Å². The van der Waals surface area contributed by atoms with Crippen LogP contribution in [0.2, 0.25) is 0 Å². The third-order valence-electron chi connectivity index (χ3n) is 3.15. The molecule has 112 valence electrons. The van der Waals surface area contributed by atoms with Crippen LogP contribution in [0, 0.1) is 0 Å². The molecule has 0 aliphatic rings. The lowest BCUT2D eigenvalue weighted by molar-refractivity contribution is 0.414. The summed E-state index contributed by atoms with van der Waals surface area (Å²) < 4.78 is 10.5. The highest BCUT2D eigenvalue weighted by atomic mass is 16.5. The molecule has 0 spiro atoms. The lowest BCUT2D eigenvalue weighted by atomic mass is 10.2. The summed E-state index contributed by atoms with van der Waals surface area (Å²) >= 11 is 0. The van der Waals surface area contributed by atoms with Gasteiger partial charge in [-0.05, 0) is 29.8 Å². The molecule has 2 rings (SSSR count). The Morgan fingerprint density at radius 3 is 2.62 bits per heavy atom. The summed E-state index contributed by atoms with van der Waals surface area (Å²) in [4.78, 5) is 6.34. The van der Waals surface area contributed by atoms with Gasteiger partial charge in [0.1, 0.15) is 11.5 Å². The predicted molar refractivity (Wildman–Crippen MR) is 83.4 cm³/mol. The SMILES string of the molecule is CN=C(NCc1ccco1)N(C)Cc1ccc(OC)cc1. The minimum absolute atomic E-state index is 0.618. The number of ether oxygens (including phenoxy) is 1. The van der Waals surface area contributed by atoms with Gasteiger partial charge in [-0.25, -0.2) is 0 Å². The van der Waals surface area contributed by atoms with Gasteiger partial charge in [0.25, 0.3) is 0 Å². The van der Waals surface area contributed by atoms with Crippen molar-refractivity contribution in [3.63, 3.8) is 0 Å². The van der Waals surface area contributed by atoms with Crippen LogP contribution >= 0.6 is 0 Å². The van der Waals surface area contributed by atoms with Crippen LogP contribution < -0.4 is 10.1 Å². The molecule has 2 aromatic rings. The van der Waals surface area contributed by atoms with Crippen molar-refractivity contribution in [3.05, 3.63) is 54.0 Å². The first-order chi connectivity index (χ1) is 10.2. The second kappa shape index (κ2) is 7.38. The highest BCUT2D eigenvalue weighted by Gasteiger charge is 2.07. The normalized spacial score (nSPS) is 11.3. The highest BCUT2D eigenvalue weighted by molar-refractivity contribution is 5.79. The Morgan fingerprint density at radius 1 is 1.29 bits per heavy atom. The molecule has 0 aliphatic carbocycles. The van der Waals surface area contributed by atoms with E-state index in [9.17, 15) is 0 Å². The molecule has 0 unspecified atom stereocenters. The molecule has 1 aromatic heterocycles. The zero-order valence-corrected chi connectivity index (χ0v) is 12.7. The molecule has 0 atom stereocenters. The maximum Gasteiger partial charge on any atom is 0.194 e. The second-order valence-electron chi connectivity index (χ2n) is 4.68. The smallest absolute Gasteiger partial charge is 0.194 e. The number of hydrogen-bond donors (Lipinski definition) is 1. The topological polar surface area (TPSA) is 50.0 Å². The van der Waals surface area contributed by atoms with E-state index in [-0.39, 0.29) is 0 Å². The molecule has 0 fully saturated rings. The molecule has 1 aromatic carbocycles. The van der Waals surface area contributed by atoms with E-state index in [1.165, 1.54) is 5.56 Å². The van der Waals surface area contributed by atoms with Gasteiger partial charge in [-0.15, -0.1) is 0 Å². The predicted octanol–water partition coefficient (Wildman–Crippen LogP) is 2.50. The van der Waals surface area contributed by atoms with Crippen LogP contribution in [0.4, 0.5) is 0 Å². The number of guanidine groups is 1. The van der Waals surface area contributed by atoms with E-state index < -0.39 is 0 Å². The van der Waals surface area contributed by atoms with Gasteiger partial charge < -0.3 is 19.4 Å². The number of methoxy groups -OCH3 is 1. The maximum absolute atomic E-state index is 5.30. The quantitative estimate of drug-likeness (QED) is 0.678. The van der Waals surface area contributed by atoms with E-state index in [0.29, 0.717) is 6.54 Å². The molecule has 0 bridgehead atoms. The Morgan fingerprint density at radius 2 is 2.05 bits per heavy atom. The number of benzene rings is 1. The van der Waals surface area contributed by atoms with E-state index in [4.69, 9.17) is 9.15 Å². The lowest BCUT2D eigenvalue weighted by Crippen LogP contribution is -2.37. The molecule has 0 saturated carbocycles. The first-order valence-electron chi connectivity index (χ1n) is 6.80. The first kappa shape index (κ1) is 15.0. The third kappa shape index (κ3) is 4.27. The average molecular weight is 287 g/mol. The van der Waals surface area contributed by atoms with E-state index in [1.54, 1.807) is 20.4 Å². The highest BCUT2D eigenvalue weighted by Crippen LogP contribution is 2.12. The minimum atomic E-state index is 0.618. The van der Waals surface area contributed by atoms with Gasteiger partial charge in [-0.3, -0.25) is 4.99 Å². The number of rotatable bonds is 5. The Hall–Kier alpha value is -2.43. The number of nitrogens with zero attached hydrogens (tertiary/aromatic N) is 2. The second-order valence-corrected chi connectivity index (χ2v) is 4.68. The van der Waals surface area contributed by atoms with Gasteiger partial charge in [0.15, 0.2) is 5.96 Å². The Balaban J connectivity index is 1.91. The lowest BCUT2D eigenvalue weighted by Gasteiger charge is -2.22. The standard InChI is InChI=1S/C16H21N3O2/c1-17-16(18-11-15-5-4-10-21-15)19(2)12-13-6-8-14(20-3)9-7-13/h4-10H,11-12H2,1-3H3,(H,17,18). The molecule has 21 heavy (non-hydrogen) atoms. The summed E-state index contributed by atoms with van der Waals surface area (Å²) in [7, 11) is 5.44. The number of nitrogens with one attached hydrogen (secondary N) is 1. The molecule has 0 radical (unpaired) electrons. The minimum Gasteiger partial charge on any atom is -0.497 e. The fraction of sp³-hybridized carbons (Fsp3) is 0.312. The van der Waals surface area contributed by atoms with Crippen molar-refractivity contribution < 1.29 is 9.15 Å². The number of furan rings is 1. The van der Waals surface area contributed by atoms with Crippen molar-refractivity contribution in [2.75, 3.05) is 21.2 Å². The molecule has 0 amide bonds. The van der Waals surface area contributed by atoms with Gasteiger partial charge in [0, 0.05) is 20.6 Å². The zero-order valence-electron chi connectivity index (χ0n) is 12.7. The van der Waals surface area contributed by atoms with Gasteiger partial charge in [0.2, 0.25) is 0 Å². The van der Waals surface area contributed by atoms with Gasteiger partial charge in [-0.2, -0.15) is 0 Å². The molecular weight excluding hydrogens is 266 g/mol. The van der Waals surface area contributed by atoms with Crippen molar-refractivity contribution in [2.45, 2.75) is 13.1 Å². The molecule has 5 heteroatoms. The molecule has 5 nitrogen and oxygen atoms in total. The van der Waals surface area contributed by atoms with Crippen molar-refractivity contribution in [1.82, 2.24) is 10.2 Å². The third-order valence-corrected chi connectivity index (χ3v) is 3.15. The molecule has 1 heterocycles. The van der Waals surface area contributed by atoms with E-state index in [1.807, 2.05) is 31.3 Å². The molecule has 1 N–H and O–H groups in total. The summed E-state index contributed by atoms with van der Waals surface area (Å²) in [6.45, 7) is 1.38. The molecule has 0 saturated heterocycles. The molecule has 0 aliphatic heterocycles.